The molecule has 3 aromatic carbocycles. The summed E-state index contributed by atoms with van der Waals surface area (Å²) in [6.45, 7) is 5.17. The van der Waals surface area contributed by atoms with E-state index in [1.807, 2.05) is 24.3 Å². The summed E-state index contributed by atoms with van der Waals surface area (Å²) in [5.74, 6) is 2.85. The number of hydrogen-bond acceptors (Lipinski definition) is 4. The van der Waals surface area contributed by atoms with E-state index in [-0.39, 0.29) is 0 Å². The molecule has 0 saturated heterocycles. The number of rotatable bonds is 8. The normalized spacial score (nSPS) is 11.1. The van der Waals surface area contributed by atoms with Gasteiger partial charge in [-0.3, -0.25) is 0 Å². The van der Waals surface area contributed by atoms with Gasteiger partial charge in [-0.05, 0) is 35.0 Å². The van der Waals surface area contributed by atoms with Gasteiger partial charge in [-0.25, -0.2) is 0 Å². The summed E-state index contributed by atoms with van der Waals surface area (Å²) in [6.07, 6.45) is 0. The minimum absolute atomic E-state index is 0.552. The van der Waals surface area contributed by atoms with Crippen molar-refractivity contribution in [2.75, 3.05) is 21.3 Å². The van der Waals surface area contributed by atoms with Crippen LogP contribution in [0.1, 0.15) is 5.56 Å². The van der Waals surface area contributed by atoms with E-state index >= 15 is 0 Å². The molecule has 0 fully saturated rings. The van der Waals surface area contributed by atoms with Crippen molar-refractivity contribution in [3.8, 4) is 23.0 Å². The van der Waals surface area contributed by atoms with Crippen molar-refractivity contribution in [1.82, 2.24) is 0 Å². The van der Waals surface area contributed by atoms with E-state index in [4.69, 9.17) is 18.9 Å². The molecule has 0 heterocycles. The standard InChI is InChI=1S/C24H28O4Si/c1-25-22-15-21(16-23(26-2)24(22)27-3)29(4,5)20-13-9-12-19(14-20)28-17-18-10-7-6-8-11-18/h6-16H,17H2,1-5H3. The second-order valence-electron chi connectivity index (χ2n) is 7.34. The minimum Gasteiger partial charge on any atom is -0.493 e. The lowest BCUT2D eigenvalue weighted by Crippen LogP contribution is -2.52. The van der Waals surface area contributed by atoms with Crippen molar-refractivity contribution >= 4 is 18.4 Å². The number of hydrogen-bond donors (Lipinski definition) is 0. The second kappa shape index (κ2) is 9.05. The summed E-state index contributed by atoms with van der Waals surface area (Å²) in [4.78, 5) is 0. The van der Waals surface area contributed by atoms with Crippen molar-refractivity contribution in [2.24, 2.45) is 0 Å². The minimum atomic E-state index is -2.02. The van der Waals surface area contributed by atoms with Crippen molar-refractivity contribution in [2.45, 2.75) is 19.7 Å². The first-order valence-electron chi connectivity index (χ1n) is 9.57. The third kappa shape index (κ3) is 4.57. The van der Waals surface area contributed by atoms with Crippen LogP contribution in [0.25, 0.3) is 0 Å². The lowest BCUT2D eigenvalue weighted by molar-refractivity contribution is 0.306. The molecule has 0 amide bonds. The topological polar surface area (TPSA) is 36.9 Å². The average molecular weight is 409 g/mol. The van der Waals surface area contributed by atoms with Crippen molar-refractivity contribution < 1.29 is 18.9 Å². The largest absolute Gasteiger partial charge is 0.493 e. The van der Waals surface area contributed by atoms with Gasteiger partial charge < -0.3 is 18.9 Å². The second-order valence-corrected chi connectivity index (χ2v) is 11.7. The highest BCUT2D eigenvalue weighted by atomic mass is 28.3. The Kier molecular flexibility index (Phi) is 6.49. The number of benzene rings is 3. The van der Waals surface area contributed by atoms with Crippen LogP contribution in [0.15, 0.2) is 66.7 Å². The highest BCUT2D eigenvalue weighted by Gasteiger charge is 2.29. The third-order valence-electron chi connectivity index (χ3n) is 5.19. The molecule has 0 radical (unpaired) electrons. The molecule has 4 nitrogen and oxygen atoms in total. The Morgan fingerprint density at radius 2 is 1.34 bits per heavy atom. The van der Waals surface area contributed by atoms with Crippen LogP contribution in [0.5, 0.6) is 23.0 Å². The molecule has 0 aliphatic rings. The first-order chi connectivity index (χ1) is 14.0. The van der Waals surface area contributed by atoms with Crippen molar-refractivity contribution in [3.05, 3.63) is 72.3 Å². The summed E-state index contributed by atoms with van der Waals surface area (Å²) < 4.78 is 22.6. The SMILES string of the molecule is COc1cc([Si](C)(C)c2cccc(OCc3ccccc3)c2)cc(OC)c1OC. The lowest BCUT2D eigenvalue weighted by atomic mass is 10.2. The molecule has 0 N–H and O–H groups in total. The maximum atomic E-state index is 6.04. The van der Waals surface area contributed by atoms with Crippen LogP contribution < -0.4 is 29.3 Å². The van der Waals surface area contributed by atoms with Crippen LogP contribution in [-0.4, -0.2) is 29.4 Å². The van der Waals surface area contributed by atoms with Gasteiger partial charge in [-0.1, -0.05) is 60.7 Å². The van der Waals surface area contributed by atoms with Crippen LogP contribution in [0.4, 0.5) is 0 Å². The third-order valence-corrected chi connectivity index (χ3v) is 8.68. The van der Waals surface area contributed by atoms with Crippen LogP contribution in [-0.2, 0) is 6.61 Å². The Labute approximate surface area is 174 Å². The quantitative estimate of drug-likeness (QED) is 0.526. The first-order valence-corrected chi connectivity index (χ1v) is 12.6. The molecule has 152 valence electrons. The van der Waals surface area contributed by atoms with Gasteiger partial charge in [0.25, 0.3) is 0 Å². The van der Waals surface area contributed by atoms with Gasteiger partial charge in [0.15, 0.2) is 11.5 Å². The molecule has 0 spiro atoms. The first kappa shape index (κ1) is 20.8. The average Bonchev–Trinajstić information content (AvgIpc) is 2.77. The van der Waals surface area contributed by atoms with E-state index in [1.54, 1.807) is 21.3 Å². The van der Waals surface area contributed by atoms with E-state index in [2.05, 4.69) is 55.6 Å². The zero-order chi connectivity index (χ0) is 20.9. The van der Waals surface area contributed by atoms with Gasteiger partial charge in [0.1, 0.15) is 20.4 Å². The Morgan fingerprint density at radius 1 is 0.690 bits per heavy atom. The molecular formula is C24H28O4Si. The molecule has 0 bridgehead atoms. The van der Waals surface area contributed by atoms with Crippen LogP contribution in [0.3, 0.4) is 0 Å². The zero-order valence-electron chi connectivity index (χ0n) is 17.7. The molecule has 5 heteroatoms. The maximum absolute atomic E-state index is 6.04. The fourth-order valence-corrected chi connectivity index (χ4v) is 5.66. The molecule has 0 aromatic heterocycles. The van der Waals surface area contributed by atoms with Gasteiger partial charge in [-0.2, -0.15) is 0 Å². The van der Waals surface area contributed by atoms with E-state index in [9.17, 15) is 0 Å². The monoisotopic (exact) mass is 408 g/mol. The summed E-state index contributed by atoms with van der Waals surface area (Å²) in [7, 11) is 2.89. The van der Waals surface area contributed by atoms with E-state index < -0.39 is 8.07 Å². The molecule has 3 rings (SSSR count). The predicted octanol–water partition coefficient (Wildman–Crippen LogP) is 4.11. The molecule has 29 heavy (non-hydrogen) atoms. The van der Waals surface area contributed by atoms with E-state index in [0.717, 1.165) is 11.3 Å². The Morgan fingerprint density at radius 3 is 1.93 bits per heavy atom. The zero-order valence-corrected chi connectivity index (χ0v) is 18.7. The fraction of sp³-hybridized carbons (Fsp3) is 0.250. The number of ether oxygens (including phenoxy) is 4. The van der Waals surface area contributed by atoms with Gasteiger partial charge in [0.2, 0.25) is 5.75 Å². The smallest absolute Gasteiger partial charge is 0.203 e. The lowest BCUT2D eigenvalue weighted by Gasteiger charge is -2.26. The molecule has 3 aromatic rings. The van der Waals surface area contributed by atoms with Crippen LogP contribution in [0, 0.1) is 0 Å². The summed E-state index contributed by atoms with van der Waals surface area (Å²) in [5, 5.41) is 2.48. The summed E-state index contributed by atoms with van der Waals surface area (Å²) in [5.41, 5.74) is 1.15. The van der Waals surface area contributed by atoms with Crippen molar-refractivity contribution in [1.29, 1.82) is 0 Å². The van der Waals surface area contributed by atoms with Crippen molar-refractivity contribution in [3.63, 3.8) is 0 Å². The highest BCUT2D eigenvalue weighted by molar-refractivity contribution is 7.00. The molecule has 0 atom stereocenters. The Hall–Kier alpha value is -2.92. The molecule has 0 unspecified atom stereocenters. The number of methoxy groups -OCH3 is 3. The molecule has 0 saturated carbocycles. The van der Waals surface area contributed by atoms with Gasteiger partial charge >= 0.3 is 0 Å². The fourth-order valence-electron chi connectivity index (χ4n) is 3.32. The van der Waals surface area contributed by atoms with E-state index in [0.29, 0.717) is 23.9 Å². The van der Waals surface area contributed by atoms with Gasteiger partial charge in [0.05, 0.1) is 21.3 Å². The van der Waals surface area contributed by atoms with Gasteiger partial charge in [0, 0.05) is 0 Å². The maximum Gasteiger partial charge on any atom is 0.203 e. The summed E-state index contributed by atoms with van der Waals surface area (Å²) >= 11 is 0. The highest BCUT2D eigenvalue weighted by Crippen LogP contribution is 2.36. The summed E-state index contributed by atoms with van der Waals surface area (Å²) in [6, 6.07) is 22.7. The Bertz CT molecular complexity index is 929. The molecule has 0 aliphatic carbocycles. The van der Waals surface area contributed by atoms with Crippen LogP contribution in [0.2, 0.25) is 13.1 Å². The van der Waals surface area contributed by atoms with Crippen LogP contribution >= 0.6 is 0 Å². The Balaban J connectivity index is 1.91. The molecule has 0 aliphatic heterocycles. The van der Waals surface area contributed by atoms with Gasteiger partial charge in [-0.15, -0.1) is 0 Å². The predicted molar refractivity (Wildman–Crippen MR) is 120 cm³/mol. The molecular weight excluding hydrogens is 380 g/mol. The van der Waals surface area contributed by atoms with E-state index in [1.165, 1.54) is 10.4 Å².